The number of halogens is 2. The van der Waals surface area contributed by atoms with E-state index in [1.165, 1.54) is 0 Å². The van der Waals surface area contributed by atoms with Crippen molar-refractivity contribution >= 4 is 45.4 Å². The molecule has 1 saturated heterocycles. The van der Waals surface area contributed by atoms with Crippen LogP contribution >= 0.6 is 27.5 Å². The molecular weight excluding hydrogens is 458 g/mol. The maximum absolute atomic E-state index is 13.0. The Morgan fingerprint density at radius 2 is 1.86 bits per heavy atom. The summed E-state index contributed by atoms with van der Waals surface area (Å²) in [7, 11) is 0. The van der Waals surface area contributed by atoms with Crippen molar-refractivity contribution in [2.75, 3.05) is 6.54 Å². The van der Waals surface area contributed by atoms with Crippen LogP contribution in [0.2, 0.25) is 5.02 Å². The van der Waals surface area contributed by atoms with Gasteiger partial charge in [-0.25, -0.2) is 4.79 Å². The van der Waals surface area contributed by atoms with E-state index < -0.39 is 23.4 Å². The molecule has 4 amide bonds. The highest BCUT2D eigenvalue weighted by molar-refractivity contribution is 9.10. The van der Waals surface area contributed by atoms with Crippen LogP contribution in [0.25, 0.3) is 0 Å². The minimum absolute atomic E-state index is 0.241. The number of carbonyl (C=O) groups is 3. The molecule has 0 bridgehead atoms. The molecule has 0 radical (unpaired) electrons. The predicted octanol–water partition coefficient (Wildman–Crippen LogP) is 4.14. The normalized spacial score (nSPS) is 19.8. The van der Waals surface area contributed by atoms with Crippen molar-refractivity contribution in [3.8, 4) is 0 Å². The molecule has 1 aliphatic heterocycles. The van der Waals surface area contributed by atoms with Gasteiger partial charge in [0, 0.05) is 15.1 Å². The fraction of sp³-hybridized carbons (Fsp3) is 0.286. The number of amides is 4. The van der Waals surface area contributed by atoms with Gasteiger partial charge in [-0.15, -0.1) is 0 Å². The van der Waals surface area contributed by atoms with Gasteiger partial charge in [0.1, 0.15) is 12.1 Å². The van der Waals surface area contributed by atoms with Gasteiger partial charge in [0.2, 0.25) is 5.91 Å². The van der Waals surface area contributed by atoms with Gasteiger partial charge in [-0.1, -0.05) is 64.8 Å². The second-order valence-electron chi connectivity index (χ2n) is 7.01. The highest BCUT2D eigenvalue weighted by Gasteiger charge is 2.50. The van der Waals surface area contributed by atoms with Gasteiger partial charge in [0.25, 0.3) is 5.91 Å². The van der Waals surface area contributed by atoms with Crippen LogP contribution in [0.1, 0.15) is 37.4 Å². The van der Waals surface area contributed by atoms with Gasteiger partial charge in [-0.2, -0.15) is 0 Å². The number of nitrogens with zero attached hydrogens (tertiary/aromatic N) is 1. The van der Waals surface area contributed by atoms with Crippen LogP contribution in [-0.2, 0) is 15.1 Å². The monoisotopic (exact) mass is 477 g/mol. The third-order valence-corrected chi connectivity index (χ3v) is 5.95. The third-order valence-electron chi connectivity index (χ3n) is 5.01. The molecular formula is C21H21BrClN3O3. The summed E-state index contributed by atoms with van der Waals surface area (Å²) in [6.45, 7) is 3.22. The average molecular weight is 479 g/mol. The van der Waals surface area contributed by atoms with Gasteiger partial charge in [0.15, 0.2) is 0 Å². The number of rotatable bonds is 6. The Kier molecular flexibility index (Phi) is 6.29. The Bertz CT molecular complexity index is 950. The molecule has 152 valence electrons. The van der Waals surface area contributed by atoms with E-state index in [2.05, 4.69) is 26.6 Å². The molecule has 0 saturated carbocycles. The molecule has 2 aromatic rings. The Labute approximate surface area is 182 Å². The molecule has 0 aliphatic carbocycles. The summed E-state index contributed by atoms with van der Waals surface area (Å²) in [5.74, 6) is -0.879. The quantitative estimate of drug-likeness (QED) is 0.613. The van der Waals surface area contributed by atoms with Crippen LogP contribution in [0, 0.1) is 0 Å². The molecule has 2 aromatic carbocycles. The van der Waals surface area contributed by atoms with Gasteiger partial charge >= 0.3 is 6.03 Å². The molecule has 6 nitrogen and oxygen atoms in total. The molecule has 29 heavy (non-hydrogen) atoms. The number of benzene rings is 2. The van der Waals surface area contributed by atoms with Crippen LogP contribution in [0.5, 0.6) is 0 Å². The van der Waals surface area contributed by atoms with E-state index in [4.69, 9.17) is 11.6 Å². The minimum atomic E-state index is -1.24. The van der Waals surface area contributed by atoms with Crippen molar-refractivity contribution in [1.29, 1.82) is 0 Å². The standard InChI is InChI=1S/C21H21BrClN3O3/c1-3-17(13-8-10-14(23)11-9-13)24-18(27)12-26-19(28)21(2,25-20(26)29)15-6-4-5-7-16(15)22/h4-11,17H,3,12H2,1-2H3,(H,24,27)(H,25,29). The molecule has 0 spiro atoms. The maximum atomic E-state index is 13.0. The van der Waals surface area contributed by atoms with E-state index in [9.17, 15) is 14.4 Å². The van der Waals surface area contributed by atoms with Crippen LogP contribution < -0.4 is 10.6 Å². The van der Waals surface area contributed by atoms with Crippen molar-refractivity contribution in [3.05, 3.63) is 69.2 Å². The molecule has 1 aliphatic rings. The predicted molar refractivity (Wildman–Crippen MR) is 114 cm³/mol. The zero-order chi connectivity index (χ0) is 21.2. The van der Waals surface area contributed by atoms with Gasteiger partial charge in [0.05, 0.1) is 6.04 Å². The lowest BCUT2D eigenvalue weighted by Gasteiger charge is -2.24. The molecule has 1 heterocycles. The summed E-state index contributed by atoms with van der Waals surface area (Å²) in [5.41, 5.74) is 0.298. The van der Waals surface area contributed by atoms with Crippen LogP contribution in [0.15, 0.2) is 53.0 Å². The largest absolute Gasteiger partial charge is 0.348 e. The van der Waals surface area contributed by atoms with Crippen LogP contribution in [0.3, 0.4) is 0 Å². The SMILES string of the molecule is CCC(NC(=O)CN1C(=O)NC(C)(c2ccccc2Br)C1=O)c1ccc(Cl)cc1. The summed E-state index contributed by atoms with van der Waals surface area (Å²) in [5, 5.41) is 6.21. The lowest BCUT2D eigenvalue weighted by molar-refractivity contribution is -0.135. The molecule has 1 fully saturated rings. The number of hydrogen-bond acceptors (Lipinski definition) is 3. The van der Waals surface area contributed by atoms with Crippen molar-refractivity contribution in [1.82, 2.24) is 15.5 Å². The Morgan fingerprint density at radius 3 is 2.48 bits per heavy atom. The summed E-state index contributed by atoms with van der Waals surface area (Å²) < 4.78 is 0.705. The molecule has 2 atom stereocenters. The smallest absolute Gasteiger partial charge is 0.325 e. The molecule has 0 aromatic heterocycles. The van der Waals surface area contributed by atoms with Crippen LogP contribution in [-0.4, -0.2) is 29.3 Å². The van der Waals surface area contributed by atoms with Crippen LogP contribution in [0.4, 0.5) is 4.79 Å². The van der Waals surface area contributed by atoms with Gasteiger partial charge in [-0.3, -0.25) is 14.5 Å². The van der Waals surface area contributed by atoms with Crippen molar-refractivity contribution < 1.29 is 14.4 Å². The zero-order valence-corrected chi connectivity index (χ0v) is 18.4. The molecule has 3 rings (SSSR count). The summed E-state index contributed by atoms with van der Waals surface area (Å²) >= 11 is 9.34. The first-order valence-electron chi connectivity index (χ1n) is 9.20. The number of imide groups is 1. The Morgan fingerprint density at radius 1 is 1.21 bits per heavy atom. The summed E-state index contributed by atoms with van der Waals surface area (Å²) in [6.07, 6.45) is 0.655. The number of carbonyl (C=O) groups excluding carboxylic acids is 3. The summed E-state index contributed by atoms with van der Waals surface area (Å²) in [6, 6.07) is 13.5. The number of hydrogen-bond donors (Lipinski definition) is 2. The fourth-order valence-electron chi connectivity index (χ4n) is 3.39. The first kappa shape index (κ1) is 21.3. The van der Waals surface area contributed by atoms with E-state index in [1.807, 2.05) is 25.1 Å². The fourth-order valence-corrected chi connectivity index (χ4v) is 4.20. The van der Waals surface area contributed by atoms with Gasteiger partial charge < -0.3 is 10.6 Å². The van der Waals surface area contributed by atoms with E-state index in [0.29, 0.717) is 21.5 Å². The number of urea groups is 1. The van der Waals surface area contributed by atoms with E-state index in [-0.39, 0.29) is 12.6 Å². The highest BCUT2D eigenvalue weighted by Crippen LogP contribution is 2.33. The van der Waals surface area contributed by atoms with Crippen molar-refractivity contribution in [3.63, 3.8) is 0 Å². The Balaban J connectivity index is 1.73. The first-order chi connectivity index (χ1) is 13.8. The topological polar surface area (TPSA) is 78.5 Å². The first-order valence-corrected chi connectivity index (χ1v) is 10.4. The van der Waals surface area contributed by atoms with E-state index >= 15 is 0 Å². The molecule has 2 N–H and O–H groups in total. The Hall–Kier alpha value is -2.38. The maximum Gasteiger partial charge on any atom is 0.325 e. The number of nitrogens with one attached hydrogen (secondary N) is 2. The second kappa shape index (κ2) is 8.55. The zero-order valence-electron chi connectivity index (χ0n) is 16.0. The summed E-state index contributed by atoms with van der Waals surface area (Å²) in [4.78, 5) is 39.0. The lowest BCUT2D eigenvalue weighted by atomic mass is 9.92. The van der Waals surface area contributed by atoms with Crippen molar-refractivity contribution in [2.45, 2.75) is 31.8 Å². The highest BCUT2D eigenvalue weighted by atomic mass is 79.9. The van der Waals surface area contributed by atoms with E-state index in [0.717, 1.165) is 10.5 Å². The molecule has 2 unspecified atom stereocenters. The van der Waals surface area contributed by atoms with Gasteiger partial charge in [-0.05, 0) is 37.1 Å². The van der Waals surface area contributed by atoms with E-state index in [1.54, 1.807) is 37.3 Å². The lowest BCUT2D eigenvalue weighted by Crippen LogP contribution is -2.44. The molecule has 8 heteroatoms. The third kappa shape index (κ3) is 4.31. The second-order valence-corrected chi connectivity index (χ2v) is 8.30. The van der Waals surface area contributed by atoms with Crippen molar-refractivity contribution in [2.24, 2.45) is 0 Å². The minimum Gasteiger partial charge on any atom is -0.348 e. The average Bonchev–Trinajstić information content (AvgIpc) is 2.91.